The predicted molar refractivity (Wildman–Crippen MR) is 56.5 cm³/mol. The third-order valence-electron chi connectivity index (χ3n) is 1.70. The zero-order chi connectivity index (χ0) is 12.3. The summed E-state index contributed by atoms with van der Waals surface area (Å²) in [6.45, 7) is -0.618. The van der Waals surface area contributed by atoms with Crippen LogP contribution in [0.3, 0.4) is 0 Å². The second kappa shape index (κ2) is 4.76. The summed E-state index contributed by atoms with van der Waals surface area (Å²) in [6, 6.07) is 1.73. The van der Waals surface area contributed by atoms with Crippen LogP contribution in [0, 0.1) is 11.3 Å². The topological polar surface area (TPSA) is 105 Å². The highest BCUT2D eigenvalue weighted by molar-refractivity contribution is 7.18. The minimum absolute atomic E-state index is 0.00619. The van der Waals surface area contributed by atoms with E-state index in [-0.39, 0.29) is 21.1 Å². The standard InChI is InChI=1S/C8H8F2N4OS/c9-4(10)2-14-8-3(1-11)5(12)6(16-8)7(13)15/h4,14H,2,12H2,(H2,13,15). The van der Waals surface area contributed by atoms with Crippen LogP contribution in [0.2, 0.25) is 0 Å². The van der Waals surface area contributed by atoms with Gasteiger partial charge in [-0.2, -0.15) is 5.26 Å². The van der Waals surface area contributed by atoms with Crippen molar-refractivity contribution in [3.8, 4) is 6.07 Å². The first-order valence-corrected chi connectivity index (χ1v) is 4.93. The van der Waals surface area contributed by atoms with E-state index in [1.165, 1.54) is 0 Å². The molecule has 0 saturated carbocycles. The van der Waals surface area contributed by atoms with Gasteiger partial charge in [-0.15, -0.1) is 11.3 Å². The van der Waals surface area contributed by atoms with Crippen LogP contribution in [0.4, 0.5) is 19.5 Å². The van der Waals surface area contributed by atoms with Crippen LogP contribution in [0.15, 0.2) is 0 Å². The Balaban J connectivity index is 3.05. The molecule has 16 heavy (non-hydrogen) atoms. The lowest BCUT2D eigenvalue weighted by atomic mass is 10.2. The summed E-state index contributed by atoms with van der Waals surface area (Å²) in [5.74, 6) is -0.788. The van der Waals surface area contributed by atoms with Gasteiger partial charge >= 0.3 is 0 Å². The number of nitrogens with two attached hydrogens (primary N) is 2. The molecule has 1 amide bonds. The first kappa shape index (κ1) is 12.2. The highest BCUT2D eigenvalue weighted by atomic mass is 32.1. The molecule has 1 heterocycles. The van der Waals surface area contributed by atoms with Crippen LogP contribution in [0.25, 0.3) is 0 Å². The number of hydrogen-bond acceptors (Lipinski definition) is 5. The first-order chi connectivity index (χ1) is 7.47. The lowest BCUT2D eigenvalue weighted by Crippen LogP contribution is -2.10. The average Bonchev–Trinajstić information content (AvgIpc) is 2.51. The summed E-state index contributed by atoms with van der Waals surface area (Å²) in [7, 11) is 0. The van der Waals surface area contributed by atoms with E-state index in [1.807, 2.05) is 0 Å². The molecule has 5 N–H and O–H groups in total. The van der Waals surface area contributed by atoms with Gasteiger partial charge in [0, 0.05) is 0 Å². The van der Waals surface area contributed by atoms with Crippen molar-refractivity contribution < 1.29 is 13.6 Å². The maximum absolute atomic E-state index is 12.0. The minimum atomic E-state index is -2.56. The molecule has 8 heteroatoms. The average molecular weight is 246 g/mol. The zero-order valence-corrected chi connectivity index (χ0v) is 8.78. The lowest BCUT2D eigenvalue weighted by molar-refractivity contribution is 0.100. The molecular formula is C8H8F2N4OS. The third-order valence-corrected chi connectivity index (χ3v) is 2.88. The summed E-state index contributed by atoms with van der Waals surface area (Å²) in [4.78, 5) is 10.9. The molecule has 0 spiro atoms. The van der Waals surface area contributed by atoms with Gasteiger partial charge in [-0.25, -0.2) is 8.78 Å². The molecule has 0 saturated heterocycles. The monoisotopic (exact) mass is 246 g/mol. The Labute approximate surface area is 93.6 Å². The van der Waals surface area contributed by atoms with Crippen molar-refractivity contribution in [2.24, 2.45) is 5.73 Å². The quantitative estimate of drug-likeness (QED) is 0.736. The second-order valence-electron chi connectivity index (χ2n) is 2.80. The van der Waals surface area contributed by atoms with E-state index in [4.69, 9.17) is 16.7 Å². The van der Waals surface area contributed by atoms with E-state index in [2.05, 4.69) is 5.32 Å². The molecular weight excluding hydrogens is 238 g/mol. The van der Waals surface area contributed by atoms with E-state index in [1.54, 1.807) is 6.07 Å². The number of anilines is 2. The third kappa shape index (κ3) is 2.38. The van der Waals surface area contributed by atoms with E-state index in [0.717, 1.165) is 11.3 Å². The van der Waals surface area contributed by atoms with Gasteiger partial charge < -0.3 is 16.8 Å². The molecule has 5 nitrogen and oxygen atoms in total. The van der Waals surface area contributed by atoms with E-state index >= 15 is 0 Å². The van der Waals surface area contributed by atoms with Crippen molar-refractivity contribution in [2.75, 3.05) is 17.6 Å². The number of carbonyl (C=O) groups excluding carboxylic acids is 1. The number of amides is 1. The van der Waals surface area contributed by atoms with Crippen LogP contribution in [-0.2, 0) is 0 Å². The van der Waals surface area contributed by atoms with Gasteiger partial charge in [-0.3, -0.25) is 4.79 Å². The number of nitriles is 1. The number of nitrogens with one attached hydrogen (secondary N) is 1. The zero-order valence-electron chi connectivity index (χ0n) is 7.96. The second-order valence-corrected chi connectivity index (χ2v) is 3.82. The van der Waals surface area contributed by atoms with Crippen molar-refractivity contribution in [1.29, 1.82) is 5.26 Å². The van der Waals surface area contributed by atoms with E-state index in [9.17, 15) is 13.6 Å². The molecule has 1 aromatic rings. The summed E-state index contributed by atoms with van der Waals surface area (Å²) < 4.78 is 23.9. The normalized spacial score (nSPS) is 10.1. The molecule has 0 atom stereocenters. The molecule has 0 aliphatic carbocycles. The summed E-state index contributed by atoms with van der Waals surface area (Å²) in [5.41, 5.74) is 10.4. The molecule has 0 aromatic carbocycles. The molecule has 86 valence electrons. The summed E-state index contributed by atoms with van der Waals surface area (Å²) in [6.07, 6.45) is -2.56. The van der Waals surface area contributed by atoms with Crippen molar-refractivity contribution in [3.05, 3.63) is 10.4 Å². The van der Waals surface area contributed by atoms with Crippen LogP contribution < -0.4 is 16.8 Å². The number of nitrogen functional groups attached to an aromatic ring is 1. The van der Waals surface area contributed by atoms with Gasteiger partial charge in [0.25, 0.3) is 12.3 Å². The number of nitrogens with zero attached hydrogens (tertiary/aromatic N) is 1. The Morgan fingerprint density at radius 3 is 2.69 bits per heavy atom. The molecule has 0 aliphatic rings. The predicted octanol–water partition coefficient (Wildman–Crippen LogP) is 0.978. The van der Waals surface area contributed by atoms with Crippen molar-refractivity contribution in [3.63, 3.8) is 0 Å². The molecule has 0 fully saturated rings. The van der Waals surface area contributed by atoms with Crippen molar-refractivity contribution in [1.82, 2.24) is 0 Å². The Morgan fingerprint density at radius 1 is 1.62 bits per heavy atom. The largest absolute Gasteiger partial charge is 0.396 e. The van der Waals surface area contributed by atoms with Gasteiger partial charge in [0.1, 0.15) is 21.5 Å². The number of carbonyl (C=O) groups is 1. The van der Waals surface area contributed by atoms with E-state index < -0.39 is 18.9 Å². The SMILES string of the molecule is N#Cc1c(NCC(F)F)sc(C(N)=O)c1N. The lowest BCUT2D eigenvalue weighted by Gasteiger charge is -2.01. The maximum Gasteiger partial charge on any atom is 0.261 e. The van der Waals surface area contributed by atoms with Crippen LogP contribution >= 0.6 is 11.3 Å². The van der Waals surface area contributed by atoms with Crippen LogP contribution in [0.5, 0.6) is 0 Å². The minimum Gasteiger partial charge on any atom is -0.396 e. The fourth-order valence-corrected chi connectivity index (χ4v) is 1.96. The van der Waals surface area contributed by atoms with E-state index in [0.29, 0.717) is 0 Å². The molecule has 1 rings (SSSR count). The summed E-state index contributed by atoms with van der Waals surface area (Å²) in [5, 5.41) is 11.2. The Kier molecular flexibility index (Phi) is 3.63. The Morgan fingerprint density at radius 2 is 2.25 bits per heavy atom. The molecule has 1 aromatic heterocycles. The Hall–Kier alpha value is -1.88. The fraction of sp³-hybridized carbons (Fsp3) is 0.250. The smallest absolute Gasteiger partial charge is 0.261 e. The van der Waals surface area contributed by atoms with Gasteiger partial charge in [-0.1, -0.05) is 0 Å². The fourth-order valence-electron chi connectivity index (χ4n) is 1.03. The van der Waals surface area contributed by atoms with Crippen molar-refractivity contribution in [2.45, 2.75) is 6.43 Å². The maximum atomic E-state index is 12.0. The highest BCUT2D eigenvalue weighted by Crippen LogP contribution is 2.34. The Bertz CT molecular complexity index is 452. The number of hydrogen-bond donors (Lipinski definition) is 3. The van der Waals surface area contributed by atoms with Gasteiger partial charge in [0.15, 0.2) is 0 Å². The molecule has 0 radical (unpaired) electrons. The molecule has 0 unspecified atom stereocenters. The number of primary amides is 1. The first-order valence-electron chi connectivity index (χ1n) is 4.11. The van der Waals surface area contributed by atoms with Gasteiger partial charge in [0.2, 0.25) is 0 Å². The van der Waals surface area contributed by atoms with Crippen molar-refractivity contribution >= 4 is 27.9 Å². The van der Waals surface area contributed by atoms with Crippen LogP contribution in [-0.4, -0.2) is 18.9 Å². The number of thiophene rings is 1. The summed E-state index contributed by atoms with van der Waals surface area (Å²) >= 11 is 0.794. The molecule has 0 aliphatic heterocycles. The van der Waals surface area contributed by atoms with Gasteiger partial charge in [0.05, 0.1) is 12.2 Å². The number of alkyl halides is 2. The van der Waals surface area contributed by atoms with Gasteiger partial charge in [-0.05, 0) is 0 Å². The van der Waals surface area contributed by atoms with Crippen LogP contribution in [0.1, 0.15) is 15.2 Å². The molecule has 0 bridgehead atoms. The number of halogens is 2. The number of rotatable bonds is 4. The highest BCUT2D eigenvalue weighted by Gasteiger charge is 2.19.